The Morgan fingerprint density at radius 2 is 1.81 bits per heavy atom. The molecule has 2 aliphatic rings. The van der Waals surface area contributed by atoms with Crippen LogP contribution >= 0.6 is 11.6 Å². The van der Waals surface area contributed by atoms with Crippen molar-refractivity contribution in [1.29, 1.82) is 0 Å². The van der Waals surface area contributed by atoms with E-state index in [9.17, 15) is 0 Å². The van der Waals surface area contributed by atoms with E-state index in [1.54, 1.807) is 0 Å². The first-order valence-electron chi connectivity index (χ1n) is 6.80. The van der Waals surface area contributed by atoms with Gasteiger partial charge < -0.3 is 15.5 Å². The second kappa shape index (κ2) is 4.77. The van der Waals surface area contributed by atoms with Gasteiger partial charge in [-0.2, -0.15) is 0 Å². The van der Waals surface area contributed by atoms with Gasteiger partial charge in [0, 0.05) is 22.4 Å². The number of fused-ring (bicyclic) bond motifs is 1. The van der Waals surface area contributed by atoms with Crippen LogP contribution < -0.4 is 10.6 Å². The van der Waals surface area contributed by atoms with Crippen molar-refractivity contribution >= 4 is 29.0 Å². The third kappa shape index (κ3) is 2.49. The maximum Gasteiger partial charge on any atom is 0.165 e. The Hall–Kier alpha value is -2.01. The molecule has 0 aliphatic carbocycles. The van der Waals surface area contributed by atoms with Crippen LogP contribution in [0.5, 0.6) is 0 Å². The Bertz CT molecular complexity index is 652. The number of hydrogen-bond acceptors (Lipinski definition) is 5. The van der Waals surface area contributed by atoms with Crippen LogP contribution in [-0.4, -0.2) is 28.8 Å². The Morgan fingerprint density at radius 3 is 2.43 bits per heavy atom. The molecule has 0 unspecified atom stereocenters. The largest absolute Gasteiger partial charge is 0.382 e. The minimum atomic E-state index is -0.0802. The lowest BCUT2D eigenvalue weighted by Crippen LogP contribution is -2.54. The standard InChI is InChI=1S/C15H18ClN5/c1-15(2,3)21-9-20(11-6-4-10(16)5-7-11)8-12-13(17)18-19-14(12)21/h4-8H,9H2,1-3H3,(H2,17,18). The van der Waals surface area contributed by atoms with Gasteiger partial charge in [0.2, 0.25) is 0 Å². The zero-order chi connectivity index (χ0) is 15.2. The molecule has 1 aromatic rings. The Morgan fingerprint density at radius 1 is 1.14 bits per heavy atom. The highest BCUT2D eigenvalue weighted by Gasteiger charge is 2.35. The van der Waals surface area contributed by atoms with E-state index in [0.717, 1.165) is 22.1 Å². The number of nitrogens with zero attached hydrogens (tertiary/aromatic N) is 4. The quantitative estimate of drug-likeness (QED) is 0.868. The summed E-state index contributed by atoms with van der Waals surface area (Å²) in [5.41, 5.74) is 7.79. The van der Waals surface area contributed by atoms with E-state index in [1.165, 1.54) is 0 Å². The van der Waals surface area contributed by atoms with Crippen LogP contribution in [0.25, 0.3) is 0 Å². The average Bonchev–Trinajstić information content (AvgIpc) is 2.79. The van der Waals surface area contributed by atoms with Crippen molar-refractivity contribution in [2.45, 2.75) is 26.3 Å². The van der Waals surface area contributed by atoms with Gasteiger partial charge in [-0.05, 0) is 45.0 Å². The predicted molar refractivity (Wildman–Crippen MR) is 87.5 cm³/mol. The van der Waals surface area contributed by atoms with Gasteiger partial charge in [0.1, 0.15) is 0 Å². The van der Waals surface area contributed by atoms with E-state index in [4.69, 9.17) is 17.3 Å². The highest BCUT2D eigenvalue weighted by atomic mass is 35.5. The Kier molecular flexibility index (Phi) is 3.17. The topological polar surface area (TPSA) is 57.2 Å². The van der Waals surface area contributed by atoms with E-state index in [1.807, 2.05) is 30.5 Å². The molecule has 2 heterocycles. The first-order valence-corrected chi connectivity index (χ1v) is 7.17. The SMILES string of the molecule is CC(C)(C)N1CN(c2ccc(Cl)cc2)C=C2C(N)=NN=C21. The molecule has 2 aliphatic heterocycles. The molecule has 6 heteroatoms. The van der Waals surface area contributed by atoms with Crippen LogP contribution in [0.4, 0.5) is 5.69 Å². The molecule has 110 valence electrons. The van der Waals surface area contributed by atoms with Crippen LogP contribution in [-0.2, 0) is 0 Å². The molecule has 0 bridgehead atoms. The number of anilines is 1. The van der Waals surface area contributed by atoms with Gasteiger partial charge in [-0.15, -0.1) is 10.2 Å². The van der Waals surface area contributed by atoms with Gasteiger partial charge in [-0.1, -0.05) is 11.6 Å². The smallest absolute Gasteiger partial charge is 0.165 e. The lowest BCUT2D eigenvalue weighted by Gasteiger charge is -2.43. The first kappa shape index (κ1) is 13.9. The molecule has 0 atom stereocenters. The third-order valence-electron chi connectivity index (χ3n) is 3.57. The molecule has 0 spiro atoms. The first-order chi connectivity index (χ1) is 9.86. The van der Waals surface area contributed by atoms with Crippen molar-refractivity contribution in [1.82, 2.24) is 4.90 Å². The van der Waals surface area contributed by atoms with Gasteiger partial charge in [-0.25, -0.2) is 0 Å². The van der Waals surface area contributed by atoms with E-state index in [-0.39, 0.29) is 5.54 Å². The van der Waals surface area contributed by atoms with Crippen molar-refractivity contribution in [3.63, 3.8) is 0 Å². The summed E-state index contributed by atoms with van der Waals surface area (Å²) in [5.74, 6) is 1.29. The fourth-order valence-corrected chi connectivity index (χ4v) is 2.51. The van der Waals surface area contributed by atoms with Crippen molar-refractivity contribution < 1.29 is 0 Å². The molecule has 21 heavy (non-hydrogen) atoms. The zero-order valence-corrected chi connectivity index (χ0v) is 13.1. The fourth-order valence-electron chi connectivity index (χ4n) is 2.38. The molecule has 3 rings (SSSR count). The Labute approximate surface area is 129 Å². The summed E-state index contributed by atoms with van der Waals surface area (Å²) in [6.45, 7) is 7.13. The van der Waals surface area contributed by atoms with E-state index < -0.39 is 0 Å². The maximum atomic E-state index is 5.96. The minimum Gasteiger partial charge on any atom is -0.382 e. The predicted octanol–water partition coefficient (Wildman–Crippen LogP) is 2.79. The number of halogens is 1. The van der Waals surface area contributed by atoms with Crippen LogP contribution in [0.1, 0.15) is 20.8 Å². The monoisotopic (exact) mass is 303 g/mol. The van der Waals surface area contributed by atoms with Gasteiger partial charge in [-0.3, -0.25) is 0 Å². The Balaban J connectivity index is 2.02. The van der Waals surface area contributed by atoms with Crippen molar-refractivity contribution in [2.75, 3.05) is 11.6 Å². The zero-order valence-electron chi connectivity index (χ0n) is 12.3. The second-order valence-electron chi connectivity index (χ2n) is 6.14. The molecule has 0 amide bonds. The van der Waals surface area contributed by atoms with Crippen molar-refractivity contribution in [2.24, 2.45) is 15.9 Å². The third-order valence-corrected chi connectivity index (χ3v) is 3.82. The molecule has 0 saturated carbocycles. The normalized spacial score (nSPS) is 18.2. The molecule has 0 saturated heterocycles. The van der Waals surface area contributed by atoms with E-state index >= 15 is 0 Å². The number of rotatable bonds is 1. The highest BCUT2D eigenvalue weighted by molar-refractivity contribution is 6.30. The van der Waals surface area contributed by atoms with Crippen LogP contribution in [0.2, 0.25) is 5.02 Å². The number of hydrogen-bond donors (Lipinski definition) is 1. The molecule has 0 radical (unpaired) electrons. The number of amidine groups is 2. The molecule has 2 N–H and O–H groups in total. The summed E-state index contributed by atoms with van der Waals surface area (Å²) in [7, 11) is 0. The van der Waals surface area contributed by atoms with Crippen LogP contribution in [0, 0.1) is 0 Å². The van der Waals surface area contributed by atoms with Gasteiger partial charge >= 0.3 is 0 Å². The molecular weight excluding hydrogens is 286 g/mol. The molecule has 5 nitrogen and oxygen atoms in total. The summed E-state index contributed by atoms with van der Waals surface area (Å²) < 4.78 is 0. The average molecular weight is 304 g/mol. The maximum absolute atomic E-state index is 5.96. The van der Waals surface area contributed by atoms with Gasteiger partial charge in [0.25, 0.3) is 0 Å². The second-order valence-corrected chi connectivity index (χ2v) is 6.57. The molecular formula is C15H18ClN5. The summed E-state index contributed by atoms with van der Waals surface area (Å²) in [6, 6.07) is 7.74. The van der Waals surface area contributed by atoms with Crippen molar-refractivity contribution in [3.05, 3.63) is 41.1 Å². The minimum absolute atomic E-state index is 0.0802. The summed E-state index contributed by atoms with van der Waals surface area (Å²) >= 11 is 5.96. The highest BCUT2D eigenvalue weighted by Crippen LogP contribution is 2.29. The lowest BCUT2D eigenvalue weighted by molar-refractivity contribution is 0.238. The summed E-state index contributed by atoms with van der Waals surface area (Å²) in [5, 5.41) is 8.95. The molecule has 1 aromatic carbocycles. The number of nitrogens with two attached hydrogens (primary N) is 1. The lowest BCUT2D eigenvalue weighted by atomic mass is 10.0. The number of benzene rings is 1. The fraction of sp³-hybridized carbons (Fsp3) is 0.333. The molecule has 0 fully saturated rings. The summed E-state index contributed by atoms with van der Waals surface area (Å²) in [6.07, 6.45) is 2.00. The van der Waals surface area contributed by atoms with Crippen LogP contribution in [0.3, 0.4) is 0 Å². The van der Waals surface area contributed by atoms with Gasteiger partial charge in [0.15, 0.2) is 11.7 Å². The van der Waals surface area contributed by atoms with E-state index in [0.29, 0.717) is 12.5 Å². The van der Waals surface area contributed by atoms with Gasteiger partial charge in [0.05, 0.1) is 12.2 Å². The summed E-state index contributed by atoms with van der Waals surface area (Å²) in [4.78, 5) is 4.32. The van der Waals surface area contributed by atoms with Crippen molar-refractivity contribution in [3.8, 4) is 0 Å². The van der Waals surface area contributed by atoms with Crippen LogP contribution in [0.15, 0.2) is 46.2 Å². The van der Waals surface area contributed by atoms with E-state index in [2.05, 4.69) is 40.8 Å². The molecule has 0 aromatic heterocycles.